The quantitative estimate of drug-likeness (QED) is 0.308. The first-order chi connectivity index (χ1) is 13.2. The van der Waals surface area contributed by atoms with Gasteiger partial charge in [0.05, 0.1) is 25.2 Å². The lowest BCUT2D eigenvalue weighted by atomic mass is 9.68. The molecule has 0 saturated heterocycles. The highest BCUT2D eigenvalue weighted by Crippen LogP contribution is 2.40. The molecule has 0 radical (unpaired) electrons. The van der Waals surface area contributed by atoms with Crippen LogP contribution in [0.4, 0.5) is 0 Å². The van der Waals surface area contributed by atoms with Gasteiger partial charge in [0.1, 0.15) is 13.2 Å². The van der Waals surface area contributed by atoms with Crippen LogP contribution in [0.15, 0.2) is 0 Å². The first kappa shape index (κ1) is 26.4. The molecular weight excluding hydrogens is 362 g/mol. The molecule has 0 saturated carbocycles. The molecule has 0 fully saturated rings. The maximum Gasteiger partial charge on any atom is 0.327 e. The smallest absolute Gasteiger partial charge is 0.327 e. The Hall–Kier alpha value is -1.65. The fourth-order valence-corrected chi connectivity index (χ4v) is 3.06. The molecule has 2 unspecified atom stereocenters. The average Bonchev–Trinajstić information content (AvgIpc) is 2.64. The van der Waals surface area contributed by atoms with Crippen molar-refractivity contribution < 1.29 is 28.5 Å². The van der Waals surface area contributed by atoms with Gasteiger partial charge in [0.2, 0.25) is 0 Å². The van der Waals surface area contributed by atoms with E-state index < -0.39 is 23.3 Å². The number of hydrogen-bond acceptors (Lipinski definition) is 7. The second kappa shape index (κ2) is 14.4. The molecule has 0 aliphatic rings. The third-order valence-corrected chi connectivity index (χ3v) is 4.22. The van der Waals surface area contributed by atoms with Gasteiger partial charge < -0.3 is 18.9 Å². The molecule has 0 rings (SSSR count). The topological polar surface area (TPSA) is 94.9 Å². The summed E-state index contributed by atoms with van der Waals surface area (Å²) in [5, 5.41) is 10.0. The van der Waals surface area contributed by atoms with Crippen molar-refractivity contribution in [1.82, 2.24) is 0 Å². The molecule has 7 heteroatoms. The molecule has 0 aromatic carbocycles. The molecule has 2 atom stereocenters. The van der Waals surface area contributed by atoms with Crippen LogP contribution in [0.25, 0.3) is 0 Å². The molecule has 0 N–H and O–H groups in total. The molecule has 28 heavy (non-hydrogen) atoms. The van der Waals surface area contributed by atoms with Gasteiger partial charge in [0, 0.05) is 13.2 Å². The Labute approximate surface area is 169 Å². The lowest BCUT2D eigenvalue weighted by Crippen LogP contribution is -2.45. The maximum absolute atomic E-state index is 13.0. The summed E-state index contributed by atoms with van der Waals surface area (Å²) in [7, 11) is 0. The van der Waals surface area contributed by atoms with Gasteiger partial charge in [-0.2, -0.15) is 5.26 Å². The minimum atomic E-state index is -1.59. The van der Waals surface area contributed by atoms with Crippen molar-refractivity contribution in [2.45, 2.75) is 54.4 Å². The summed E-state index contributed by atoms with van der Waals surface area (Å²) in [6, 6.07) is 2.13. The van der Waals surface area contributed by atoms with E-state index in [4.69, 9.17) is 18.9 Å². The van der Waals surface area contributed by atoms with Crippen LogP contribution in [0, 0.1) is 34.5 Å². The van der Waals surface area contributed by atoms with Crippen LogP contribution in [0.5, 0.6) is 0 Å². The molecule has 0 spiro atoms. The van der Waals surface area contributed by atoms with E-state index in [0.717, 1.165) is 0 Å². The Morgan fingerprint density at radius 2 is 1.43 bits per heavy atom. The fraction of sp³-hybridized carbons (Fsp3) is 0.857. The number of hydrogen-bond donors (Lipinski definition) is 0. The van der Waals surface area contributed by atoms with Crippen molar-refractivity contribution in [3.63, 3.8) is 0 Å². The zero-order valence-corrected chi connectivity index (χ0v) is 18.3. The molecule has 162 valence electrons. The summed E-state index contributed by atoms with van der Waals surface area (Å²) in [5.41, 5.74) is -1.59. The van der Waals surface area contributed by atoms with Crippen LogP contribution >= 0.6 is 0 Å². The monoisotopic (exact) mass is 399 g/mol. The molecule has 0 aliphatic heterocycles. The molecular formula is C21H37NO6. The van der Waals surface area contributed by atoms with Crippen molar-refractivity contribution in [2.24, 2.45) is 23.2 Å². The summed E-state index contributed by atoms with van der Waals surface area (Å²) in [6.45, 7) is 13.1. The van der Waals surface area contributed by atoms with E-state index in [1.165, 1.54) is 0 Å². The largest absolute Gasteiger partial charge is 0.463 e. The third-order valence-electron chi connectivity index (χ3n) is 4.22. The Morgan fingerprint density at radius 3 is 1.86 bits per heavy atom. The highest BCUT2D eigenvalue weighted by Gasteiger charge is 2.52. The zero-order chi connectivity index (χ0) is 21.6. The Morgan fingerprint density at radius 1 is 0.893 bits per heavy atom. The average molecular weight is 400 g/mol. The van der Waals surface area contributed by atoms with E-state index >= 15 is 0 Å². The van der Waals surface area contributed by atoms with Gasteiger partial charge in [0.15, 0.2) is 5.41 Å². The molecule has 0 aromatic heterocycles. The number of esters is 2. The Balaban J connectivity index is 5.60. The zero-order valence-electron chi connectivity index (χ0n) is 18.3. The van der Waals surface area contributed by atoms with Gasteiger partial charge in [-0.15, -0.1) is 0 Å². The van der Waals surface area contributed by atoms with E-state index in [2.05, 4.69) is 6.07 Å². The maximum atomic E-state index is 13.0. The summed E-state index contributed by atoms with van der Waals surface area (Å²) in [4.78, 5) is 25.8. The summed E-state index contributed by atoms with van der Waals surface area (Å²) < 4.78 is 21.1. The SMILES string of the molecule is CCOCCOC(=O)C(CC(C)C)C(C#N)(CC(C)C)C(=O)OCCOCC. The predicted octanol–water partition coefficient (Wildman–Crippen LogP) is 3.36. The summed E-state index contributed by atoms with van der Waals surface area (Å²) in [6.07, 6.45) is 0.573. The third kappa shape index (κ3) is 9.03. The van der Waals surface area contributed by atoms with Crippen molar-refractivity contribution in [2.75, 3.05) is 39.6 Å². The van der Waals surface area contributed by atoms with Gasteiger partial charge in [0.25, 0.3) is 0 Å². The van der Waals surface area contributed by atoms with Crippen molar-refractivity contribution in [1.29, 1.82) is 5.26 Å². The highest BCUT2D eigenvalue weighted by molar-refractivity contribution is 5.88. The minimum Gasteiger partial charge on any atom is -0.463 e. The highest BCUT2D eigenvalue weighted by atomic mass is 16.6. The number of ether oxygens (including phenoxy) is 4. The number of carbonyl (C=O) groups excluding carboxylic acids is 2. The van der Waals surface area contributed by atoms with E-state index in [-0.39, 0.29) is 44.7 Å². The van der Waals surface area contributed by atoms with Gasteiger partial charge in [-0.25, -0.2) is 0 Å². The van der Waals surface area contributed by atoms with Gasteiger partial charge in [-0.1, -0.05) is 27.7 Å². The normalized spacial score (nSPS) is 14.4. The number of nitriles is 1. The van der Waals surface area contributed by atoms with Crippen LogP contribution in [-0.2, 0) is 28.5 Å². The van der Waals surface area contributed by atoms with Crippen LogP contribution in [0.2, 0.25) is 0 Å². The van der Waals surface area contributed by atoms with E-state index in [9.17, 15) is 14.9 Å². The Kier molecular flexibility index (Phi) is 13.5. The fourth-order valence-electron chi connectivity index (χ4n) is 3.06. The van der Waals surface area contributed by atoms with Crippen molar-refractivity contribution in [3.05, 3.63) is 0 Å². The van der Waals surface area contributed by atoms with Gasteiger partial charge in [-0.05, 0) is 38.5 Å². The second-order valence-electron chi connectivity index (χ2n) is 7.56. The number of nitrogens with zero attached hydrogens (tertiary/aromatic N) is 1. The molecule has 0 bridgehead atoms. The van der Waals surface area contributed by atoms with E-state index in [0.29, 0.717) is 19.6 Å². The van der Waals surface area contributed by atoms with Crippen molar-refractivity contribution >= 4 is 11.9 Å². The first-order valence-corrected chi connectivity index (χ1v) is 10.2. The molecule has 0 aliphatic carbocycles. The lowest BCUT2D eigenvalue weighted by molar-refractivity contribution is -0.169. The standard InChI is InChI=1S/C21H37NO6/c1-7-25-9-11-27-19(23)18(13-16(3)4)21(15-22,14-17(5)6)20(24)28-12-10-26-8-2/h16-18H,7-14H2,1-6H3. The number of carbonyl (C=O) groups is 2. The molecule has 0 amide bonds. The van der Waals surface area contributed by atoms with Crippen LogP contribution < -0.4 is 0 Å². The van der Waals surface area contributed by atoms with E-state index in [1.54, 1.807) is 0 Å². The minimum absolute atomic E-state index is 0.0185. The second-order valence-corrected chi connectivity index (χ2v) is 7.56. The Bertz CT molecular complexity index is 500. The van der Waals surface area contributed by atoms with Crippen LogP contribution in [0.3, 0.4) is 0 Å². The van der Waals surface area contributed by atoms with E-state index in [1.807, 2.05) is 41.5 Å². The predicted molar refractivity (Wildman–Crippen MR) is 105 cm³/mol. The molecule has 0 aromatic rings. The molecule has 7 nitrogen and oxygen atoms in total. The lowest BCUT2D eigenvalue weighted by Gasteiger charge is -2.33. The number of rotatable bonds is 15. The van der Waals surface area contributed by atoms with Crippen LogP contribution in [-0.4, -0.2) is 51.6 Å². The summed E-state index contributed by atoms with van der Waals surface area (Å²) in [5.74, 6) is -2.03. The summed E-state index contributed by atoms with van der Waals surface area (Å²) >= 11 is 0. The van der Waals surface area contributed by atoms with Crippen molar-refractivity contribution in [3.8, 4) is 6.07 Å². The molecule has 0 heterocycles. The van der Waals surface area contributed by atoms with Gasteiger partial charge >= 0.3 is 11.9 Å². The van der Waals surface area contributed by atoms with Gasteiger partial charge in [-0.3, -0.25) is 9.59 Å². The van der Waals surface area contributed by atoms with Crippen LogP contribution in [0.1, 0.15) is 54.4 Å². The first-order valence-electron chi connectivity index (χ1n) is 10.2.